The molecule has 1 aromatic rings. The first kappa shape index (κ1) is 13.3. The second-order valence-electron chi connectivity index (χ2n) is 5.26. The Morgan fingerprint density at radius 2 is 1.61 bits per heavy atom. The van der Waals surface area contributed by atoms with Crippen molar-refractivity contribution in [1.29, 1.82) is 0 Å². The zero-order chi connectivity index (χ0) is 13.1. The molecule has 2 unspecified atom stereocenters. The maximum atomic E-state index is 5.86. The van der Waals surface area contributed by atoms with Gasteiger partial charge in [-0.3, -0.25) is 0 Å². The van der Waals surface area contributed by atoms with Crippen LogP contribution < -0.4 is 10.6 Å². The number of halogens is 1. The average Bonchev–Trinajstić information content (AvgIpc) is 2.26. The van der Waals surface area contributed by atoms with Gasteiger partial charge in [-0.25, -0.2) is 0 Å². The Balaban J connectivity index is 2.06. The van der Waals surface area contributed by atoms with Gasteiger partial charge in [0.05, 0.1) is 0 Å². The van der Waals surface area contributed by atoms with E-state index in [1.54, 1.807) is 7.05 Å². The van der Waals surface area contributed by atoms with Gasteiger partial charge in [0.1, 0.15) is 0 Å². The summed E-state index contributed by atoms with van der Waals surface area (Å²) in [6.07, 6.45) is 3.61. The van der Waals surface area contributed by atoms with Crippen molar-refractivity contribution in [2.24, 2.45) is 11.8 Å². The van der Waals surface area contributed by atoms with Gasteiger partial charge in [-0.2, -0.15) is 15.0 Å². The Bertz CT molecular complexity index is 401. The van der Waals surface area contributed by atoms with Crippen molar-refractivity contribution in [3.8, 4) is 0 Å². The Hall–Kier alpha value is -1.10. The summed E-state index contributed by atoms with van der Waals surface area (Å²) in [6, 6.07) is 0.423. The van der Waals surface area contributed by atoms with E-state index in [0.29, 0.717) is 17.9 Å². The predicted octanol–water partition coefficient (Wildman–Crippen LogP) is 2.80. The first-order chi connectivity index (χ1) is 8.56. The van der Waals surface area contributed by atoms with Crippen molar-refractivity contribution in [2.75, 3.05) is 17.7 Å². The normalized spacial score (nSPS) is 27.9. The molecule has 1 aliphatic rings. The molecule has 2 N–H and O–H groups in total. The van der Waals surface area contributed by atoms with Gasteiger partial charge in [0, 0.05) is 13.1 Å². The van der Waals surface area contributed by atoms with Crippen LogP contribution in [-0.4, -0.2) is 28.0 Å². The SMILES string of the molecule is CNc1nc(Cl)nc(NC2CC(C)CC(C)C2)n1. The minimum absolute atomic E-state index is 0.216. The van der Waals surface area contributed by atoms with E-state index >= 15 is 0 Å². The Morgan fingerprint density at radius 3 is 2.22 bits per heavy atom. The molecular formula is C12H20ClN5. The van der Waals surface area contributed by atoms with Gasteiger partial charge < -0.3 is 10.6 Å². The van der Waals surface area contributed by atoms with Crippen LogP contribution in [0.3, 0.4) is 0 Å². The summed E-state index contributed by atoms with van der Waals surface area (Å²) in [6.45, 7) is 4.59. The monoisotopic (exact) mass is 269 g/mol. The predicted molar refractivity (Wildman–Crippen MR) is 74.0 cm³/mol. The number of aromatic nitrogens is 3. The van der Waals surface area contributed by atoms with Crippen molar-refractivity contribution < 1.29 is 0 Å². The molecule has 2 rings (SSSR count). The van der Waals surface area contributed by atoms with E-state index in [9.17, 15) is 0 Å². The second-order valence-corrected chi connectivity index (χ2v) is 5.60. The quantitative estimate of drug-likeness (QED) is 0.883. The second kappa shape index (κ2) is 5.69. The van der Waals surface area contributed by atoms with Crippen molar-refractivity contribution in [1.82, 2.24) is 15.0 Å². The van der Waals surface area contributed by atoms with Gasteiger partial charge in [0.2, 0.25) is 17.2 Å². The lowest BCUT2D eigenvalue weighted by atomic mass is 9.80. The lowest BCUT2D eigenvalue weighted by Crippen LogP contribution is -2.31. The standard InChI is InChI=1S/C12H20ClN5/c1-7-4-8(2)6-9(5-7)15-12-17-10(13)16-11(14-3)18-12/h7-9H,4-6H2,1-3H3,(H2,14,15,16,17,18). The van der Waals surface area contributed by atoms with Crippen molar-refractivity contribution in [2.45, 2.75) is 39.2 Å². The van der Waals surface area contributed by atoms with Crippen molar-refractivity contribution >= 4 is 23.5 Å². The molecule has 6 heteroatoms. The fourth-order valence-electron chi connectivity index (χ4n) is 2.77. The first-order valence-corrected chi connectivity index (χ1v) is 6.80. The number of anilines is 2. The molecule has 0 amide bonds. The third-order valence-corrected chi connectivity index (χ3v) is 3.51. The smallest absolute Gasteiger partial charge is 0.229 e. The summed E-state index contributed by atoms with van der Waals surface area (Å²) in [5, 5.41) is 6.46. The third kappa shape index (κ3) is 3.45. The first-order valence-electron chi connectivity index (χ1n) is 6.42. The molecule has 18 heavy (non-hydrogen) atoms. The number of rotatable bonds is 3. The molecule has 1 heterocycles. The maximum absolute atomic E-state index is 5.86. The average molecular weight is 270 g/mol. The van der Waals surface area contributed by atoms with E-state index < -0.39 is 0 Å². The zero-order valence-corrected chi connectivity index (χ0v) is 11.8. The van der Waals surface area contributed by atoms with Gasteiger partial charge >= 0.3 is 0 Å². The van der Waals surface area contributed by atoms with Crippen LogP contribution in [0.2, 0.25) is 5.28 Å². The van der Waals surface area contributed by atoms with Gasteiger partial charge in [-0.1, -0.05) is 13.8 Å². The fraction of sp³-hybridized carbons (Fsp3) is 0.750. The molecule has 2 atom stereocenters. The topological polar surface area (TPSA) is 62.7 Å². The number of hydrogen-bond acceptors (Lipinski definition) is 5. The highest BCUT2D eigenvalue weighted by molar-refractivity contribution is 6.28. The van der Waals surface area contributed by atoms with Crippen molar-refractivity contribution in [3.05, 3.63) is 5.28 Å². The van der Waals surface area contributed by atoms with Gasteiger partial charge in [0.25, 0.3) is 0 Å². The molecule has 0 aliphatic heterocycles. The minimum atomic E-state index is 0.216. The summed E-state index contributed by atoms with van der Waals surface area (Å²) >= 11 is 5.86. The van der Waals surface area contributed by atoms with Crippen LogP contribution in [0.1, 0.15) is 33.1 Å². The zero-order valence-electron chi connectivity index (χ0n) is 11.1. The molecule has 1 fully saturated rings. The number of nitrogens with one attached hydrogen (secondary N) is 2. The molecule has 1 aliphatic carbocycles. The molecule has 0 saturated heterocycles. The lowest BCUT2D eigenvalue weighted by Gasteiger charge is -2.31. The molecule has 0 radical (unpaired) electrons. The van der Waals surface area contributed by atoms with E-state index in [1.165, 1.54) is 6.42 Å². The lowest BCUT2D eigenvalue weighted by molar-refractivity contribution is 0.280. The summed E-state index contributed by atoms with van der Waals surface area (Å²) in [7, 11) is 1.76. The molecule has 0 spiro atoms. The largest absolute Gasteiger partial charge is 0.357 e. The highest BCUT2D eigenvalue weighted by Crippen LogP contribution is 2.30. The molecule has 1 saturated carbocycles. The molecular weight excluding hydrogens is 250 g/mol. The summed E-state index contributed by atoms with van der Waals surface area (Å²) < 4.78 is 0. The van der Waals surface area contributed by atoms with E-state index in [2.05, 4.69) is 39.4 Å². The Labute approximate surface area is 113 Å². The summed E-state index contributed by atoms with van der Waals surface area (Å²) in [5.41, 5.74) is 0. The number of hydrogen-bond donors (Lipinski definition) is 2. The Kier molecular flexibility index (Phi) is 4.22. The van der Waals surface area contributed by atoms with Crippen LogP contribution in [0.5, 0.6) is 0 Å². The number of nitrogens with zero attached hydrogens (tertiary/aromatic N) is 3. The van der Waals surface area contributed by atoms with Gasteiger partial charge in [-0.05, 0) is 42.7 Å². The Morgan fingerprint density at radius 1 is 1.00 bits per heavy atom. The van der Waals surface area contributed by atoms with E-state index in [-0.39, 0.29) is 5.28 Å². The molecule has 0 aromatic carbocycles. The highest BCUT2D eigenvalue weighted by Gasteiger charge is 2.24. The molecule has 5 nitrogen and oxygen atoms in total. The molecule has 0 bridgehead atoms. The minimum Gasteiger partial charge on any atom is -0.357 e. The van der Waals surface area contributed by atoms with Crippen LogP contribution in [0.25, 0.3) is 0 Å². The van der Waals surface area contributed by atoms with E-state index in [1.807, 2.05) is 0 Å². The third-order valence-electron chi connectivity index (χ3n) is 3.34. The van der Waals surface area contributed by atoms with Gasteiger partial charge in [0.15, 0.2) is 0 Å². The van der Waals surface area contributed by atoms with Crippen molar-refractivity contribution in [3.63, 3.8) is 0 Å². The van der Waals surface area contributed by atoms with E-state index in [0.717, 1.165) is 24.7 Å². The van der Waals surface area contributed by atoms with E-state index in [4.69, 9.17) is 11.6 Å². The summed E-state index contributed by atoms with van der Waals surface area (Å²) in [5.74, 6) is 2.54. The van der Waals surface area contributed by atoms with Gasteiger partial charge in [-0.15, -0.1) is 0 Å². The van der Waals surface area contributed by atoms with Crippen LogP contribution in [0.15, 0.2) is 0 Å². The van der Waals surface area contributed by atoms with Crippen LogP contribution in [0.4, 0.5) is 11.9 Å². The fourth-order valence-corrected chi connectivity index (χ4v) is 2.93. The molecule has 1 aromatic heterocycles. The highest BCUT2D eigenvalue weighted by atomic mass is 35.5. The van der Waals surface area contributed by atoms with Crippen LogP contribution in [0, 0.1) is 11.8 Å². The van der Waals surface area contributed by atoms with Crippen LogP contribution >= 0.6 is 11.6 Å². The maximum Gasteiger partial charge on any atom is 0.229 e. The summed E-state index contributed by atoms with van der Waals surface area (Å²) in [4.78, 5) is 12.4. The van der Waals surface area contributed by atoms with Crippen LogP contribution in [-0.2, 0) is 0 Å². The molecule has 100 valence electrons.